The number of carbonyl (C=O) groups excluding carboxylic acids is 1. The van der Waals surface area contributed by atoms with Gasteiger partial charge in [-0.2, -0.15) is 0 Å². The third-order valence-electron chi connectivity index (χ3n) is 6.11. The molecule has 2 aliphatic heterocycles. The van der Waals surface area contributed by atoms with E-state index >= 15 is 0 Å². The highest BCUT2D eigenvalue weighted by Crippen LogP contribution is 2.24. The van der Waals surface area contributed by atoms with Crippen LogP contribution in [0.2, 0.25) is 0 Å². The fourth-order valence-electron chi connectivity index (χ4n) is 4.25. The maximum Gasteiger partial charge on any atom is 0.237 e. The second-order valence-corrected chi connectivity index (χ2v) is 10.3. The van der Waals surface area contributed by atoms with E-state index in [2.05, 4.69) is 15.9 Å². The summed E-state index contributed by atoms with van der Waals surface area (Å²) in [7, 11) is -1.35. The number of methoxy groups -OCH3 is 1. The van der Waals surface area contributed by atoms with Gasteiger partial charge < -0.3 is 14.5 Å². The maximum atomic E-state index is 13.1. The van der Waals surface area contributed by atoms with E-state index in [4.69, 9.17) is 4.74 Å². The minimum Gasteiger partial charge on any atom is -0.497 e. The largest absolute Gasteiger partial charge is 0.497 e. The van der Waals surface area contributed by atoms with Gasteiger partial charge >= 0.3 is 0 Å². The van der Waals surface area contributed by atoms with E-state index in [1.165, 1.54) is 0 Å². The Balaban J connectivity index is 1.58. The number of piperazine rings is 1. The van der Waals surface area contributed by atoms with Crippen molar-refractivity contribution in [3.8, 4) is 5.75 Å². The molecule has 0 aliphatic carbocycles. The number of hydrogen-bond acceptors (Lipinski definition) is 6. The van der Waals surface area contributed by atoms with Gasteiger partial charge in [0, 0.05) is 50.0 Å². The van der Waals surface area contributed by atoms with Gasteiger partial charge in [0.05, 0.1) is 25.2 Å². The molecule has 1 amide bonds. The van der Waals surface area contributed by atoms with Gasteiger partial charge in [-0.25, -0.2) is 8.42 Å². The number of anilines is 1. The topological polar surface area (TPSA) is 70.2 Å². The first kappa shape index (κ1) is 21.9. The molecular weight excluding hydrogens is 390 g/mol. The van der Waals surface area contributed by atoms with Crippen LogP contribution in [-0.2, 0) is 14.6 Å². The van der Waals surface area contributed by atoms with Crippen LogP contribution in [0.1, 0.15) is 26.7 Å². The van der Waals surface area contributed by atoms with Crippen LogP contribution in [0.15, 0.2) is 24.3 Å². The summed E-state index contributed by atoms with van der Waals surface area (Å²) in [5.74, 6) is 1.19. The highest BCUT2D eigenvalue weighted by Gasteiger charge is 2.37. The van der Waals surface area contributed by atoms with E-state index in [9.17, 15) is 13.2 Å². The molecule has 0 spiro atoms. The smallest absolute Gasteiger partial charge is 0.237 e. The molecule has 2 saturated heterocycles. The molecule has 0 unspecified atom stereocenters. The molecule has 29 heavy (non-hydrogen) atoms. The van der Waals surface area contributed by atoms with E-state index in [1.54, 1.807) is 7.11 Å². The van der Waals surface area contributed by atoms with Crippen molar-refractivity contribution in [3.63, 3.8) is 0 Å². The molecule has 2 heterocycles. The highest BCUT2D eigenvalue weighted by molar-refractivity contribution is 7.91. The molecule has 0 N–H and O–H groups in total. The SMILES string of the molecule is CC[C@H](C)N(C(=O)CN1CCN(c2cccc(OC)c2)CC1)[C@H]1CCS(=O)(=O)C1. The number of ether oxygens (including phenoxy) is 1. The summed E-state index contributed by atoms with van der Waals surface area (Å²) in [5, 5.41) is 0. The second kappa shape index (κ2) is 9.34. The van der Waals surface area contributed by atoms with Crippen LogP contribution in [0.25, 0.3) is 0 Å². The Hall–Kier alpha value is -1.80. The average molecular weight is 424 g/mol. The molecule has 1 aromatic carbocycles. The van der Waals surface area contributed by atoms with E-state index in [0.29, 0.717) is 13.0 Å². The van der Waals surface area contributed by atoms with Crippen molar-refractivity contribution >= 4 is 21.4 Å². The van der Waals surface area contributed by atoms with Gasteiger partial charge in [0.15, 0.2) is 9.84 Å². The van der Waals surface area contributed by atoms with Crippen LogP contribution in [0, 0.1) is 0 Å². The zero-order chi connectivity index (χ0) is 21.0. The number of rotatable bonds is 7. The quantitative estimate of drug-likeness (QED) is 0.664. The summed E-state index contributed by atoms with van der Waals surface area (Å²) in [6.07, 6.45) is 1.38. The number of sulfone groups is 1. The zero-order valence-electron chi connectivity index (χ0n) is 17.7. The highest BCUT2D eigenvalue weighted by atomic mass is 32.2. The van der Waals surface area contributed by atoms with E-state index < -0.39 is 9.84 Å². The van der Waals surface area contributed by atoms with Gasteiger partial charge in [-0.3, -0.25) is 9.69 Å². The Morgan fingerprint density at radius 1 is 1.28 bits per heavy atom. The third-order valence-corrected chi connectivity index (χ3v) is 7.86. The Kier molecular flexibility index (Phi) is 7.05. The number of hydrogen-bond donors (Lipinski definition) is 0. The first-order valence-corrected chi connectivity index (χ1v) is 12.3. The monoisotopic (exact) mass is 423 g/mol. The molecular formula is C21H33N3O4S. The van der Waals surface area contributed by atoms with Crippen LogP contribution in [0.3, 0.4) is 0 Å². The lowest BCUT2D eigenvalue weighted by molar-refractivity contribution is -0.136. The van der Waals surface area contributed by atoms with E-state index in [-0.39, 0.29) is 29.5 Å². The molecule has 162 valence electrons. The van der Waals surface area contributed by atoms with Crippen molar-refractivity contribution < 1.29 is 17.9 Å². The minimum atomic E-state index is -3.02. The Labute approximate surface area is 174 Å². The van der Waals surface area contributed by atoms with Crippen molar-refractivity contribution in [1.29, 1.82) is 0 Å². The zero-order valence-corrected chi connectivity index (χ0v) is 18.5. The first-order valence-electron chi connectivity index (χ1n) is 10.5. The van der Waals surface area contributed by atoms with Crippen molar-refractivity contribution in [2.24, 2.45) is 0 Å². The van der Waals surface area contributed by atoms with Crippen molar-refractivity contribution in [2.45, 2.75) is 38.8 Å². The Morgan fingerprint density at radius 3 is 2.59 bits per heavy atom. The average Bonchev–Trinajstić information content (AvgIpc) is 3.07. The summed E-state index contributed by atoms with van der Waals surface area (Å²) < 4.78 is 29.2. The van der Waals surface area contributed by atoms with Gasteiger partial charge in [0.2, 0.25) is 5.91 Å². The summed E-state index contributed by atoms with van der Waals surface area (Å²) >= 11 is 0. The second-order valence-electron chi connectivity index (χ2n) is 8.08. The molecule has 1 aromatic rings. The lowest BCUT2D eigenvalue weighted by Crippen LogP contribution is -2.53. The molecule has 2 atom stereocenters. The Bertz CT molecular complexity index is 806. The predicted molar refractivity (Wildman–Crippen MR) is 115 cm³/mol. The fourth-order valence-corrected chi connectivity index (χ4v) is 5.96. The lowest BCUT2D eigenvalue weighted by Gasteiger charge is -2.39. The fraction of sp³-hybridized carbons (Fsp3) is 0.667. The van der Waals surface area contributed by atoms with Gasteiger partial charge in [-0.1, -0.05) is 13.0 Å². The van der Waals surface area contributed by atoms with E-state index in [0.717, 1.165) is 44.0 Å². The first-order chi connectivity index (χ1) is 13.8. The lowest BCUT2D eigenvalue weighted by atomic mass is 10.1. The molecule has 0 bridgehead atoms. The summed E-state index contributed by atoms with van der Waals surface area (Å²) in [6.45, 7) is 7.72. The Morgan fingerprint density at radius 2 is 2.00 bits per heavy atom. The van der Waals surface area contributed by atoms with Crippen molar-refractivity contribution in [1.82, 2.24) is 9.80 Å². The van der Waals surface area contributed by atoms with Gasteiger partial charge in [-0.05, 0) is 31.9 Å². The number of amides is 1. The molecule has 8 heteroatoms. The standard InChI is InChI=1S/C21H33N3O4S/c1-4-17(2)24(19-8-13-29(26,27)16-19)21(25)15-22-9-11-23(12-10-22)18-6-5-7-20(14-18)28-3/h5-7,14,17,19H,4,8-13,15-16H2,1-3H3/t17-,19-/m0/s1. The molecule has 0 saturated carbocycles. The summed E-state index contributed by atoms with van der Waals surface area (Å²) in [6, 6.07) is 7.91. The van der Waals surface area contributed by atoms with Gasteiger partial charge in [0.25, 0.3) is 0 Å². The van der Waals surface area contributed by atoms with Crippen LogP contribution in [0.5, 0.6) is 5.75 Å². The molecule has 0 radical (unpaired) electrons. The molecule has 7 nitrogen and oxygen atoms in total. The minimum absolute atomic E-state index is 0.0521. The number of benzene rings is 1. The van der Waals surface area contributed by atoms with Crippen LogP contribution in [-0.4, -0.2) is 87.5 Å². The summed E-state index contributed by atoms with van der Waals surface area (Å²) in [4.78, 5) is 19.4. The number of nitrogens with zero attached hydrogens (tertiary/aromatic N) is 3. The number of carbonyl (C=O) groups is 1. The molecule has 3 rings (SSSR count). The van der Waals surface area contributed by atoms with Crippen molar-refractivity contribution in [2.75, 3.05) is 56.2 Å². The van der Waals surface area contributed by atoms with Crippen LogP contribution >= 0.6 is 0 Å². The van der Waals surface area contributed by atoms with Gasteiger partial charge in [-0.15, -0.1) is 0 Å². The molecule has 2 aliphatic rings. The predicted octanol–water partition coefficient (Wildman–Crippen LogP) is 1.63. The van der Waals surface area contributed by atoms with Crippen LogP contribution < -0.4 is 9.64 Å². The van der Waals surface area contributed by atoms with E-state index in [1.807, 2.05) is 36.9 Å². The molecule has 0 aromatic heterocycles. The van der Waals surface area contributed by atoms with Crippen LogP contribution in [0.4, 0.5) is 5.69 Å². The molecule has 2 fully saturated rings. The normalized spacial score (nSPS) is 23.0. The maximum absolute atomic E-state index is 13.1. The summed E-state index contributed by atoms with van der Waals surface area (Å²) in [5.41, 5.74) is 1.13. The van der Waals surface area contributed by atoms with Crippen molar-refractivity contribution in [3.05, 3.63) is 24.3 Å². The third kappa shape index (κ3) is 5.42. The van der Waals surface area contributed by atoms with Gasteiger partial charge in [0.1, 0.15) is 5.75 Å².